The van der Waals surface area contributed by atoms with Gasteiger partial charge in [-0.25, -0.2) is 0 Å². The van der Waals surface area contributed by atoms with Gasteiger partial charge in [0.05, 0.1) is 24.1 Å². The monoisotopic (exact) mass is 439 g/mol. The van der Waals surface area contributed by atoms with Gasteiger partial charge in [0.15, 0.2) is 5.43 Å². The van der Waals surface area contributed by atoms with Crippen molar-refractivity contribution in [2.75, 3.05) is 12.0 Å². The minimum absolute atomic E-state index is 0.00597. The van der Waals surface area contributed by atoms with Crippen molar-refractivity contribution in [3.05, 3.63) is 79.6 Å². The SMILES string of the molecule is COc1ccc2c(=O)c3c(oc2c1)C(=O)N(c1nnc(C)s1)[C@H]3c1ccc(Cl)cc1. The van der Waals surface area contributed by atoms with E-state index in [4.69, 9.17) is 20.8 Å². The third-order valence-corrected chi connectivity index (χ3v) is 6.08. The highest BCUT2D eigenvalue weighted by atomic mass is 35.5. The van der Waals surface area contributed by atoms with Crippen LogP contribution in [0.25, 0.3) is 11.0 Å². The molecule has 2 aromatic carbocycles. The Labute approximate surface area is 179 Å². The summed E-state index contributed by atoms with van der Waals surface area (Å²) in [7, 11) is 1.52. The lowest BCUT2D eigenvalue weighted by atomic mass is 9.99. The lowest BCUT2D eigenvalue weighted by Gasteiger charge is -2.22. The zero-order valence-electron chi connectivity index (χ0n) is 15.9. The summed E-state index contributed by atoms with van der Waals surface area (Å²) < 4.78 is 11.1. The summed E-state index contributed by atoms with van der Waals surface area (Å²) in [5, 5.41) is 10.2. The number of hydrogen-bond donors (Lipinski definition) is 0. The van der Waals surface area contributed by atoms with Gasteiger partial charge in [-0.15, -0.1) is 10.2 Å². The molecule has 9 heteroatoms. The lowest BCUT2D eigenvalue weighted by Crippen LogP contribution is -2.29. The van der Waals surface area contributed by atoms with Crippen LogP contribution >= 0.6 is 22.9 Å². The van der Waals surface area contributed by atoms with Crippen LogP contribution in [-0.4, -0.2) is 23.2 Å². The summed E-state index contributed by atoms with van der Waals surface area (Å²) in [4.78, 5) is 28.3. The van der Waals surface area contributed by atoms with E-state index in [1.165, 1.54) is 23.3 Å². The second-order valence-electron chi connectivity index (χ2n) is 6.77. The number of benzene rings is 2. The molecule has 1 aliphatic rings. The summed E-state index contributed by atoms with van der Waals surface area (Å²) in [6.07, 6.45) is 0. The molecule has 3 heterocycles. The first-order valence-corrected chi connectivity index (χ1v) is 10.2. The molecule has 1 atom stereocenters. The Hall–Kier alpha value is -3.23. The summed E-state index contributed by atoms with van der Waals surface area (Å²) >= 11 is 7.32. The Morgan fingerprint density at radius 3 is 2.57 bits per heavy atom. The summed E-state index contributed by atoms with van der Waals surface area (Å²) in [6.45, 7) is 1.80. The molecule has 4 aromatic rings. The average molecular weight is 440 g/mol. The molecule has 0 spiro atoms. The number of fused-ring (bicyclic) bond motifs is 2. The number of aryl methyl sites for hydroxylation is 1. The maximum atomic E-state index is 13.5. The van der Waals surface area contributed by atoms with Crippen LogP contribution in [0.1, 0.15) is 32.7 Å². The van der Waals surface area contributed by atoms with Crippen molar-refractivity contribution in [1.29, 1.82) is 0 Å². The van der Waals surface area contributed by atoms with Crippen LogP contribution in [0.15, 0.2) is 51.7 Å². The van der Waals surface area contributed by atoms with Crippen LogP contribution < -0.4 is 15.1 Å². The highest BCUT2D eigenvalue weighted by molar-refractivity contribution is 7.15. The quantitative estimate of drug-likeness (QED) is 0.471. The lowest BCUT2D eigenvalue weighted by molar-refractivity contribution is 0.0970. The van der Waals surface area contributed by atoms with Gasteiger partial charge in [0.25, 0.3) is 5.91 Å². The van der Waals surface area contributed by atoms with Crippen LogP contribution in [0.3, 0.4) is 0 Å². The van der Waals surface area contributed by atoms with Crippen LogP contribution in [0.2, 0.25) is 5.02 Å². The van der Waals surface area contributed by atoms with Crippen molar-refractivity contribution >= 4 is 44.9 Å². The van der Waals surface area contributed by atoms with Gasteiger partial charge in [0, 0.05) is 11.1 Å². The molecule has 7 nitrogen and oxygen atoms in total. The van der Waals surface area contributed by atoms with Gasteiger partial charge >= 0.3 is 0 Å². The number of ether oxygens (including phenoxy) is 1. The predicted octanol–water partition coefficient (Wildman–Crippen LogP) is 4.36. The van der Waals surface area contributed by atoms with Gasteiger partial charge < -0.3 is 9.15 Å². The number of anilines is 1. The number of carbonyl (C=O) groups excluding carboxylic acids is 1. The largest absolute Gasteiger partial charge is 0.497 e. The fraction of sp³-hybridized carbons (Fsp3) is 0.143. The molecule has 0 aliphatic carbocycles. The van der Waals surface area contributed by atoms with Gasteiger partial charge in [0.1, 0.15) is 16.3 Å². The van der Waals surface area contributed by atoms with Crippen LogP contribution in [-0.2, 0) is 0 Å². The Kier molecular flexibility index (Phi) is 4.34. The van der Waals surface area contributed by atoms with Crippen LogP contribution in [0.5, 0.6) is 5.75 Å². The van der Waals surface area contributed by atoms with E-state index in [0.717, 1.165) is 5.56 Å². The van der Waals surface area contributed by atoms with Gasteiger partial charge in [-0.3, -0.25) is 14.5 Å². The van der Waals surface area contributed by atoms with E-state index in [9.17, 15) is 9.59 Å². The molecule has 0 fully saturated rings. The molecule has 0 saturated heterocycles. The maximum absolute atomic E-state index is 13.5. The zero-order chi connectivity index (χ0) is 21.0. The van der Waals surface area contributed by atoms with Gasteiger partial charge in [-0.2, -0.15) is 0 Å². The van der Waals surface area contributed by atoms with E-state index in [0.29, 0.717) is 26.3 Å². The van der Waals surface area contributed by atoms with Crippen LogP contribution in [0.4, 0.5) is 5.13 Å². The number of methoxy groups -OCH3 is 1. The molecule has 0 N–H and O–H groups in total. The van der Waals surface area contributed by atoms with Gasteiger partial charge in [-0.05, 0) is 36.8 Å². The van der Waals surface area contributed by atoms with Gasteiger partial charge in [-0.1, -0.05) is 35.1 Å². The smallest absolute Gasteiger partial charge is 0.297 e. The fourth-order valence-electron chi connectivity index (χ4n) is 3.62. The first-order valence-electron chi connectivity index (χ1n) is 9.02. The summed E-state index contributed by atoms with van der Waals surface area (Å²) in [6, 6.07) is 11.2. The predicted molar refractivity (Wildman–Crippen MR) is 114 cm³/mol. The Morgan fingerprint density at radius 1 is 1.13 bits per heavy atom. The minimum Gasteiger partial charge on any atom is -0.497 e. The van der Waals surface area contributed by atoms with E-state index in [-0.39, 0.29) is 22.3 Å². The molecule has 2 aromatic heterocycles. The van der Waals surface area contributed by atoms with Crippen molar-refractivity contribution < 1.29 is 13.9 Å². The topological polar surface area (TPSA) is 85.5 Å². The molecule has 1 amide bonds. The number of halogens is 1. The molecular weight excluding hydrogens is 426 g/mol. The van der Waals surface area contributed by atoms with E-state index in [2.05, 4.69) is 10.2 Å². The number of aromatic nitrogens is 2. The molecule has 0 radical (unpaired) electrons. The molecule has 0 unspecified atom stereocenters. The Balaban J connectivity index is 1.80. The maximum Gasteiger partial charge on any atom is 0.297 e. The average Bonchev–Trinajstić information content (AvgIpc) is 3.29. The molecular formula is C21H14ClN3O4S. The van der Waals surface area contributed by atoms with E-state index < -0.39 is 11.9 Å². The minimum atomic E-state index is -0.695. The molecule has 30 heavy (non-hydrogen) atoms. The summed E-state index contributed by atoms with van der Waals surface area (Å²) in [5.74, 6) is 0.0818. The number of amides is 1. The molecule has 1 aliphatic heterocycles. The Bertz CT molecular complexity index is 1360. The Morgan fingerprint density at radius 2 is 1.90 bits per heavy atom. The number of rotatable bonds is 3. The van der Waals surface area contributed by atoms with Crippen molar-refractivity contribution in [3.8, 4) is 5.75 Å². The van der Waals surface area contributed by atoms with E-state index >= 15 is 0 Å². The van der Waals surface area contributed by atoms with Gasteiger partial charge in [0.2, 0.25) is 10.9 Å². The second kappa shape index (κ2) is 6.93. The zero-order valence-corrected chi connectivity index (χ0v) is 17.5. The molecule has 5 rings (SSSR count). The molecule has 0 saturated carbocycles. The second-order valence-corrected chi connectivity index (χ2v) is 8.37. The highest BCUT2D eigenvalue weighted by Crippen LogP contribution is 2.42. The molecule has 150 valence electrons. The first-order chi connectivity index (χ1) is 14.5. The van der Waals surface area contributed by atoms with E-state index in [1.807, 2.05) is 0 Å². The normalized spacial score (nSPS) is 15.6. The number of hydrogen-bond acceptors (Lipinski definition) is 7. The summed E-state index contributed by atoms with van der Waals surface area (Å²) in [5.41, 5.74) is 1.01. The van der Waals surface area contributed by atoms with E-state index in [1.54, 1.807) is 49.4 Å². The highest BCUT2D eigenvalue weighted by Gasteiger charge is 2.45. The van der Waals surface area contributed by atoms with Crippen molar-refractivity contribution in [1.82, 2.24) is 10.2 Å². The molecule has 0 bridgehead atoms. The standard InChI is InChI=1S/C21H14ClN3O4S/c1-10-23-24-21(30-10)25-17(11-3-5-12(22)6-4-11)16-18(26)14-8-7-13(28-2)9-15(14)29-19(16)20(25)27/h3-9,17H,1-2H3/t17-/m0/s1. The number of nitrogens with zero attached hydrogens (tertiary/aromatic N) is 3. The fourth-order valence-corrected chi connectivity index (χ4v) is 4.46. The number of carbonyl (C=O) groups is 1. The third-order valence-electron chi connectivity index (χ3n) is 4.99. The van der Waals surface area contributed by atoms with Crippen molar-refractivity contribution in [2.45, 2.75) is 13.0 Å². The van der Waals surface area contributed by atoms with Crippen LogP contribution in [0, 0.1) is 6.92 Å². The van der Waals surface area contributed by atoms with Crippen molar-refractivity contribution in [2.24, 2.45) is 0 Å². The third kappa shape index (κ3) is 2.79. The van der Waals surface area contributed by atoms with Crippen molar-refractivity contribution in [3.63, 3.8) is 0 Å². The first kappa shape index (κ1) is 18.8.